The topological polar surface area (TPSA) is 147 Å². The van der Waals surface area contributed by atoms with Crippen molar-refractivity contribution in [3.8, 4) is 0 Å². The van der Waals surface area contributed by atoms with Gasteiger partial charge in [-0.05, 0) is 44.9 Å². The number of methoxy groups -OCH3 is 1. The molecule has 3 rings (SSSR count). The Hall–Kier alpha value is -4.71. The van der Waals surface area contributed by atoms with Gasteiger partial charge in [-0.3, -0.25) is 24.1 Å². The number of hydrogen-bond donors (Lipinski definition) is 0. The van der Waals surface area contributed by atoms with E-state index in [0.717, 1.165) is 5.56 Å². The molecule has 0 bridgehead atoms. The number of allylic oxidation sites excluding steroid dienone is 3. The number of hydrogen-bond acceptors (Lipinski definition) is 8. The van der Waals surface area contributed by atoms with Crippen LogP contribution in [0.5, 0.6) is 0 Å². The number of aromatic nitrogens is 3. The van der Waals surface area contributed by atoms with E-state index in [1.807, 2.05) is 13.0 Å². The fourth-order valence-corrected chi connectivity index (χ4v) is 4.14. The molecule has 0 radical (unpaired) electrons. The third-order valence-electron chi connectivity index (χ3n) is 6.00. The van der Waals surface area contributed by atoms with Crippen molar-refractivity contribution in [1.29, 1.82) is 0 Å². The van der Waals surface area contributed by atoms with Crippen molar-refractivity contribution in [1.82, 2.24) is 14.0 Å². The zero-order valence-corrected chi connectivity index (χ0v) is 22.9. The second-order valence-corrected chi connectivity index (χ2v) is 8.84. The predicted octanol–water partition coefficient (Wildman–Crippen LogP) is 3.28. The Balaban J connectivity index is 2.39. The Kier molecular flexibility index (Phi) is 9.98. The third-order valence-corrected chi connectivity index (χ3v) is 6.00. The van der Waals surface area contributed by atoms with Gasteiger partial charge in [-0.2, -0.15) is 4.99 Å². The number of ether oxygens (including phenoxy) is 2. The molecule has 0 unspecified atom stereocenters. The molecular formula is C28H31N5O7. The van der Waals surface area contributed by atoms with Gasteiger partial charge in [-0.25, -0.2) is 9.78 Å². The first-order valence-electron chi connectivity index (χ1n) is 12.6. The zero-order valence-electron chi connectivity index (χ0n) is 22.9. The van der Waals surface area contributed by atoms with E-state index in [9.17, 15) is 24.5 Å². The van der Waals surface area contributed by atoms with Crippen LogP contribution in [0.3, 0.4) is 0 Å². The average Bonchev–Trinajstić information content (AvgIpc) is 2.90. The van der Waals surface area contributed by atoms with Crippen molar-refractivity contribution in [2.75, 3.05) is 20.3 Å². The van der Waals surface area contributed by atoms with Crippen molar-refractivity contribution in [2.24, 2.45) is 4.99 Å². The van der Waals surface area contributed by atoms with E-state index in [1.165, 1.54) is 47.3 Å². The minimum atomic E-state index is -0.780. The molecular weight excluding hydrogens is 518 g/mol. The molecule has 1 amide bonds. The summed E-state index contributed by atoms with van der Waals surface area (Å²) < 4.78 is 13.3. The maximum atomic E-state index is 13.5. The van der Waals surface area contributed by atoms with E-state index in [2.05, 4.69) is 11.6 Å². The van der Waals surface area contributed by atoms with Gasteiger partial charge in [-0.1, -0.05) is 24.8 Å². The minimum Gasteiger partial charge on any atom is -0.462 e. The number of carbonyl (C=O) groups excluding carboxylic acids is 2. The van der Waals surface area contributed by atoms with Crippen LogP contribution in [-0.4, -0.2) is 51.1 Å². The van der Waals surface area contributed by atoms with E-state index in [4.69, 9.17) is 14.5 Å². The molecule has 0 aromatic carbocycles. The summed E-state index contributed by atoms with van der Waals surface area (Å²) in [5.74, 6) is -1.51. The number of nitro groups is 1. The van der Waals surface area contributed by atoms with Gasteiger partial charge in [0, 0.05) is 38.1 Å². The van der Waals surface area contributed by atoms with Crippen molar-refractivity contribution < 1.29 is 24.0 Å². The first-order valence-corrected chi connectivity index (χ1v) is 12.6. The third kappa shape index (κ3) is 6.46. The van der Waals surface area contributed by atoms with Crippen LogP contribution in [0.2, 0.25) is 0 Å². The van der Waals surface area contributed by atoms with E-state index in [1.54, 1.807) is 19.2 Å². The number of aryl methyl sites for hydroxylation is 2. The first-order chi connectivity index (χ1) is 19.1. The van der Waals surface area contributed by atoms with Gasteiger partial charge < -0.3 is 14.0 Å². The van der Waals surface area contributed by atoms with Crippen molar-refractivity contribution in [3.05, 3.63) is 97.6 Å². The van der Waals surface area contributed by atoms with Gasteiger partial charge in [0.15, 0.2) is 5.49 Å². The maximum Gasteiger partial charge on any atom is 0.341 e. The van der Waals surface area contributed by atoms with Gasteiger partial charge in [0.25, 0.3) is 17.2 Å². The van der Waals surface area contributed by atoms with Crippen LogP contribution in [0.1, 0.15) is 42.6 Å². The van der Waals surface area contributed by atoms with Crippen molar-refractivity contribution in [2.45, 2.75) is 40.2 Å². The fourth-order valence-electron chi connectivity index (χ4n) is 4.14. The first kappa shape index (κ1) is 29.8. The molecule has 0 spiro atoms. The largest absolute Gasteiger partial charge is 0.462 e. The average molecular weight is 550 g/mol. The summed E-state index contributed by atoms with van der Waals surface area (Å²) in [4.78, 5) is 59.6. The minimum absolute atomic E-state index is 0.0474. The highest BCUT2D eigenvalue weighted by Crippen LogP contribution is 2.15. The van der Waals surface area contributed by atoms with E-state index < -0.39 is 22.4 Å². The van der Waals surface area contributed by atoms with Crippen LogP contribution in [0.25, 0.3) is 16.7 Å². The lowest BCUT2D eigenvalue weighted by atomic mass is 10.1. The number of carbonyl (C=O) groups is 2. The highest BCUT2D eigenvalue weighted by atomic mass is 16.6. The SMILES string of the molecule is C=C/C=C/C(=C(\C)CC(=O)N=c1c(C(=O)OCC)cc2c(=O)n3cccc(C)c3nc2n1CCCOC)[N+](=O)[O-]. The van der Waals surface area contributed by atoms with Gasteiger partial charge in [0.1, 0.15) is 16.9 Å². The Morgan fingerprint density at radius 3 is 2.70 bits per heavy atom. The van der Waals surface area contributed by atoms with E-state index in [0.29, 0.717) is 18.7 Å². The molecule has 3 heterocycles. The standard InChI is InChI=1S/C28H31N5O7/c1-6-8-12-22(33(37)38)19(4)16-23(34)29-26-21(28(36)40-7-2)17-20-25(31(26)14-10-15-39-5)30-24-18(3)11-9-13-32(24)27(20)35/h6,8-9,11-13,17H,1,7,10,14-16H2,2-5H3/b12-8+,22-19-,29-26?. The van der Waals surface area contributed by atoms with Crippen LogP contribution in [0.15, 0.2) is 70.3 Å². The summed E-state index contributed by atoms with van der Waals surface area (Å²) in [5.41, 5.74) is 0.706. The lowest BCUT2D eigenvalue weighted by Gasteiger charge is -2.15. The lowest BCUT2D eigenvalue weighted by molar-refractivity contribution is -0.420. The molecule has 210 valence electrons. The summed E-state index contributed by atoms with van der Waals surface area (Å²) >= 11 is 0. The number of amides is 1. The number of fused-ring (bicyclic) bond motifs is 2. The Morgan fingerprint density at radius 2 is 2.05 bits per heavy atom. The molecule has 0 aliphatic carbocycles. The maximum absolute atomic E-state index is 13.5. The van der Waals surface area contributed by atoms with E-state index in [-0.39, 0.29) is 52.9 Å². The molecule has 12 heteroatoms. The highest BCUT2D eigenvalue weighted by molar-refractivity contribution is 5.94. The predicted molar refractivity (Wildman–Crippen MR) is 148 cm³/mol. The summed E-state index contributed by atoms with van der Waals surface area (Å²) in [7, 11) is 1.54. The van der Waals surface area contributed by atoms with Crippen LogP contribution < -0.4 is 11.0 Å². The smallest absolute Gasteiger partial charge is 0.341 e. The second-order valence-electron chi connectivity index (χ2n) is 8.84. The van der Waals surface area contributed by atoms with Gasteiger partial charge in [-0.15, -0.1) is 0 Å². The Labute approximate surface area is 229 Å². The second kappa shape index (κ2) is 13.4. The fraction of sp³-hybridized carbons (Fsp3) is 0.321. The normalized spacial score (nSPS) is 12.7. The van der Waals surface area contributed by atoms with Crippen LogP contribution in [-0.2, 0) is 20.8 Å². The highest BCUT2D eigenvalue weighted by Gasteiger charge is 2.21. The molecule has 3 aromatic heterocycles. The molecule has 0 N–H and O–H groups in total. The van der Waals surface area contributed by atoms with E-state index >= 15 is 0 Å². The number of rotatable bonds is 11. The molecule has 12 nitrogen and oxygen atoms in total. The van der Waals surface area contributed by atoms with Crippen LogP contribution >= 0.6 is 0 Å². The Morgan fingerprint density at radius 1 is 1.30 bits per heavy atom. The molecule has 0 saturated carbocycles. The monoisotopic (exact) mass is 549 g/mol. The summed E-state index contributed by atoms with van der Waals surface area (Å²) in [6.45, 7) is 9.00. The molecule has 0 saturated heterocycles. The van der Waals surface area contributed by atoms with Crippen molar-refractivity contribution in [3.63, 3.8) is 0 Å². The number of pyridine rings is 2. The molecule has 0 atom stereocenters. The summed E-state index contributed by atoms with van der Waals surface area (Å²) in [5, 5.41) is 11.7. The van der Waals surface area contributed by atoms with Crippen LogP contribution in [0, 0.1) is 17.0 Å². The van der Waals surface area contributed by atoms with Gasteiger partial charge >= 0.3 is 5.97 Å². The van der Waals surface area contributed by atoms with Crippen molar-refractivity contribution >= 4 is 28.6 Å². The molecule has 0 aliphatic heterocycles. The Bertz CT molecular complexity index is 1680. The quantitative estimate of drug-likeness (QED) is 0.0884. The summed E-state index contributed by atoms with van der Waals surface area (Å²) in [6, 6.07) is 4.86. The molecule has 0 aliphatic rings. The van der Waals surface area contributed by atoms with Crippen LogP contribution in [0.4, 0.5) is 0 Å². The summed E-state index contributed by atoms with van der Waals surface area (Å²) in [6.07, 6.45) is 5.67. The van der Waals surface area contributed by atoms with Gasteiger partial charge in [0.2, 0.25) is 0 Å². The molecule has 0 fully saturated rings. The lowest BCUT2D eigenvalue weighted by Crippen LogP contribution is -2.33. The molecule has 3 aromatic rings. The van der Waals surface area contributed by atoms with Gasteiger partial charge in [0.05, 0.1) is 23.3 Å². The molecule has 40 heavy (non-hydrogen) atoms. The number of esters is 1. The zero-order chi connectivity index (χ0) is 29.4. The number of nitrogens with zero attached hydrogens (tertiary/aromatic N) is 5.